The van der Waals surface area contributed by atoms with Crippen LogP contribution in [0, 0.1) is 0 Å². The van der Waals surface area contributed by atoms with Crippen molar-refractivity contribution in [2.45, 2.75) is 0 Å². The van der Waals surface area contributed by atoms with E-state index in [-0.39, 0.29) is 0 Å². The molecule has 0 aliphatic carbocycles. The number of para-hydroxylation sites is 1. The Labute approximate surface area is 292 Å². The van der Waals surface area contributed by atoms with Crippen LogP contribution in [0.25, 0.3) is 110 Å². The molecule has 0 saturated heterocycles. The second-order valence-corrected chi connectivity index (χ2v) is 13.1. The molecular weight excluding hydrogens is 623 g/mol. The molecule has 0 radical (unpaired) electrons. The molecule has 236 valence electrons. The molecule has 0 aliphatic heterocycles. The summed E-state index contributed by atoms with van der Waals surface area (Å²) in [4.78, 5) is 15.9. The van der Waals surface area contributed by atoms with Crippen molar-refractivity contribution < 1.29 is 4.42 Å². The van der Waals surface area contributed by atoms with E-state index in [1.54, 1.807) is 0 Å². The Kier molecular flexibility index (Phi) is 5.92. The maximum absolute atomic E-state index is 6.28. The molecule has 0 amide bonds. The minimum atomic E-state index is 0.875. The standard InChI is InChI=1S/C47H27N3O/c1-2-10-28(11-3-1)38-24-20-29-18-19-30-21-25-39(49-46(30)45(29)48-38)33-22-23-36(32-13-5-4-12-31(32)33)47-35-15-7-6-14-34(35)43-40(50-47)26-27-42-44(43)37-16-8-9-17-41(37)51-42/h1-27H. The van der Waals surface area contributed by atoms with E-state index in [1.165, 1.54) is 0 Å². The molecule has 4 aromatic heterocycles. The molecule has 0 saturated carbocycles. The first-order valence-corrected chi connectivity index (χ1v) is 17.2. The first-order valence-electron chi connectivity index (χ1n) is 17.2. The van der Waals surface area contributed by atoms with Gasteiger partial charge in [-0.25, -0.2) is 15.0 Å². The number of fused-ring (bicyclic) bond motifs is 11. The summed E-state index contributed by atoms with van der Waals surface area (Å²) in [7, 11) is 0. The van der Waals surface area contributed by atoms with Gasteiger partial charge in [0, 0.05) is 49.0 Å². The molecule has 4 heteroatoms. The Hall–Kier alpha value is -6.91. The van der Waals surface area contributed by atoms with Crippen LogP contribution < -0.4 is 0 Å². The summed E-state index contributed by atoms with van der Waals surface area (Å²) in [6, 6.07) is 57.1. The number of nitrogens with zero attached hydrogens (tertiary/aromatic N) is 3. The predicted molar refractivity (Wildman–Crippen MR) is 211 cm³/mol. The summed E-state index contributed by atoms with van der Waals surface area (Å²) in [5.41, 5.74) is 10.6. The van der Waals surface area contributed by atoms with Gasteiger partial charge in [-0.2, -0.15) is 0 Å². The van der Waals surface area contributed by atoms with Gasteiger partial charge in [-0.15, -0.1) is 0 Å². The summed E-state index contributed by atoms with van der Waals surface area (Å²) in [6.07, 6.45) is 0. The lowest BCUT2D eigenvalue weighted by atomic mass is 9.92. The van der Waals surface area contributed by atoms with Crippen LogP contribution in [0.1, 0.15) is 0 Å². The highest BCUT2D eigenvalue weighted by Gasteiger charge is 2.19. The molecule has 0 N–H and O–H groups in total. The molecule has 0 bridgehead atoms. The third kappa shape index (κ3) is 4.23. The fourth-order valence-corrected chi connectivity index (χ4v) is 7.88. The first-order chi connectivity index (χ1) is 25.3. The maximum Gasteiger partial charge on any atom is 0.136 e. The van der Waals surface area contributed by atoms with Gasteiger partial charge < -0.3 is 4.42 Å². The van der Waals surface area contributed by atoms with E-state index < -0.39 is 0 Å². The van der Waals surface area contributed by atoms with Gasteiger partial charge in [0.2, 0.25) is 0 Å². The zero-order valence-corrected chi connectivity index (χ0v) is 27.3. The van der Waals surface area contributed by atoms with E-state index in [1.807, 2.05) is 30.3 Å². The van der Waals surface area contributed by atoms with E-state index >= 15 is 0 Å². The highest BCUT2D eigenvalue weighted by Crippen LogP contribution is 2.43. The molecule has 51 heavy (non-hydrogen) atoms. The number of rotatable bonds is 3. The van der Waals surface area contributed by atoms with Gasteiger partial charge in [0.05, 0.1) is 33.6 Å². The minimum Gasteiger partial charge on any atom is -0.456 e. The van der Waals surface area contributed by atoms with Crippen molar-refractivity contribution in [1.29, 1.82) is 0 Å². The van der Waals surface area contributed by atoms with Crippen LogP contribution in [0.15, 0.2) is 168 Å². The number of furan rings is 1. The second-order valence-electron chi connectivity index (χ2n) is 13.1. The Bertz CT molecular complexity index is 3200. The topological polar surface area (TPSA) is 51.8 Å². The van der Waals surface area contributed by atoms with Gasteiger partial charge >= 0.3 is 0 Å². The number of aromatic nitrogens is 3. The summed E-state index contributed by atoms with van der Waals surface area (Å²) in [6.45, 7) is 0. The summed E-state index contributed by atoms with van der Waals surface area (Å²) >= 11 is 0. The summed E-state index contributed by atoms with van der Waals surface area (Å²) in [5.74, 6) is 0. The average Bonchev–Trinajstić information content (AvgIpc) is 3.59. The van der Waals surface area contributed by atoms with Gasteiger partial charge in [0.1, 0.15) is 11.2 Å². The molecule has 4 nitrogen and oxygen atoms in total. The van der Waals surface area contributed by atoms with Gasteiger partial charge in [-0.3, -0.25) is 0 Å². The zero-order chi connectivity index (χ0) is 33.5. The largest absolute Gasteiger partial charge is 0.456 e. The van der Waals surface area contributed by atoms with Crippen LogP contribution in [-0.2, 0) is 0 Å². The average molecular weight is 650 g/mol. The van der Waals surface area contributed by atoms with Crippen molar-refractivity contribution in [3.63, 3.8) is 0 Å². The molecule has 4 heterocycles. The Balaban J connectivity index is 1.13. The second kappa shape index (κ2) is 10.8. The molecule has 0 spiro atoms. The van der Waals surface area contributed by atoms with Crippen LogP contribution in [0.5, 0.6) is 0 Å². The van der Waals surface area contributed by atoms with E-state index in [9.17, 15) is 0 Å². The van der Waals surface area contributed by atoms with Crippen molar-refractivity contribution in [2.75, 3.05) is 0 Å². The van der Waals surface area contributed by atoms with E-state index in [4.69, 9.17) is 19.4 Å². The van der Waals surface area contributed by atoms with Crippen molar-refractivity contribution in [1.82, 2.24) is 15.0 Å². The van der Waals surface area contributed by atoms with Crippen LogP contribution in [0.3, 0.4) is 0 Å². The highest BCUT2D eigenvalue weighted by atomic mass is 16.3. The number of hydrogen-bond donors (Lipinski definition) is 0. The molecule has 0 unspecified atom stereocenters. The van der Waals surface area contributed by atoms with Crippen LogP contribution in [0.4, 0.5) is 0 Å². The monoisotopic (exact) mass is 649 g/mol. The fourth-order valence-electron chi connectivity index (χ4n) is 7.88. The lowest BCUT2D eigenvalue weighted by Crippen LogP contribution is -1.94. The number of benzene rings is 7. The SMILES string of the molecule is c1ccc(-c2ccc3ccc4ccc(-c5ccc(-c6nc7ccc8oc9ccccc9c8c7c7ccccc67)c6ccccc56)nc4c3n2)cc1. The lowest BCUT2D eigenvalue weighted by Gasteiger charge is -2.15. The van der Waals surface area contributed by atoms with Gasteiger partial charge in [0.15, 0.2) is 0 Å². The van der Waals surface area contributed by atoms with Crippen molar-refractivity contribution in [3.8, 4) is 33.8 Å². The fraction of sp³-hybridized carbons (Fsp3) is 0. The molecule has 11 rings (SSSR count). The summed E-state index contributed by atoms with van der Waals surface area (Å²) in [5, 5.41) is 10.00. The third-order valence-corrected chi connectivity index (χ3v) is 10.2. The van der Waals surface area contributed by atoms with E-state index in [0.29, 0.717) is 0 Å². The van der Waals surface area contributed by atoms with Crippen molar-refractivity contribution in [2.24, 2.45) is 0 Å². The zero-order valence-electron chi connectivity index (χ0n) is 27.3. The molecule has 7 aromatic carbocycles. The van der Waals surface area contributed by atoms with Crippen LogP contribution in [0.2, 0.25) is 0 Å². The Morgan fingerprint density at radius 2 is 0.941 bits per heavy atom. The molecule has 11 aromatic rings. The van der Waals surface area contributed by atoms with Crippen LogP contribution in [-0.4, -0.2) is 15.0 Å². The van der Waals surface area contributed by atoms with Gasteiger partial charge in [0.25, 0.3) is 0 Å². The highest BCUT2D eigenvalue weighted by molar-refractivity contribution is 6.27. The molecule has 0 atom stereocenters. The third-order valence-electron chi connectivity index (χ3n) is 10.2. The van der Waals surface area contributed by atoms with E-state index in [0.717, 1.165) is 110 Å². The summed E-state index contributed by atoms with van der Waals surface area (Å²) < 4.78 is 6.28. The quantitative estimate of drug-likeness (QED) is 0.179. The lowest BCUT2D eigenvalue weighted by molar-refractivity contribution is 0.669. The predicted octanol–water partition coefficient (Wildman–Crippen LogP) is 12.5. The minimum absolute atomic E-state index is 0.875. The smallest absolute Gasteiger partial charge is 0.136 e. The maximum atomic E-state index is 6.28. The van der Waals surface area contributed by atoms with Crippen LogP contribution >= 0.6 is 0 Å². The van der Waals surface area contributed by atoms with Crippen molar-refractivity contribution >= 4 is 76.2 Å². The first kappa shape index (κ1) is 28.0. The Morgan fingerprint density at radius 1 is 0.353 bits per heavy atom. The molecule has 0 fully saturated rings. The van der Waals surface area contributed by atoms with Crippen molar-refractivity contribution in [3.05, 3.63) is 164 Å². The normalized spacial score (nSPS) is 11.9. The van der Waals surface area contributed by atoms with Gasteiger partial charge in [-0.1, -0.05) is 133 Å². The van der Waals surface area contributed by atoms with E-state index in [2.05, 4.69) is 133 Å². The number of hydrogen-bond acceptors (Lipinski definition) is 4. The Morgan fingerprint density at radius 3 is 1.73 bits per heavy atom. The molecule has 0 aliphatic rings. The van der Waals surface area contributed by atoms with Gasteiger partial charge in [-0.05, 0) is 46.5 Å². The molecular formula is C47H27N3O. The number of pyridine rings is 3.